The SMILES string of the molecule is CNC(C)(CCCCOc1cccc(C)c1)C(=O)O. The topological polar surface area (TPSA) is 58.6 Å². The summed E-state index contributed by atoms with van der Waals surface area (Å²) in [7, 11) is 1.68. The predicted molar refractivity (Wildman–Crippen MR) is 75.6 cm³/mol. The van der Waals surface area contributed by atoms with Gasteiger partial charge < -0.3 is 15.2 Å². The van der Waals surface area contributed by atoms with E-state index in [-0.39, 0.29) is 0 Å². The number of likely N-dealkylation sites (N-methyl/N-ethyl adjacent to an activating group) is 1. The highest BCUT2D eigenvalue weighted by Crippen LogP contribution is 2.16. The fourth-order valence-corrected chi connectivity index (χ4v) is 1.81. The maximum absolute atomic E-state index is 11.1. The molecule has 0 aliphatic heterocycles. The molecule has 0 amide bonds. The van der Waals surface area contributed by atoms with Crippen molar-refractivity contribution in [2.45, 2.75) is 38.6 Å². The van der Waals surface area contributed by atoms with Gasteiger partial charge in [0.2, 0.25) is 0 Å². The van der Waals surface area contributed by atoms with E-state index in [9.17, 15) is 4.79 Å². The summed E-state index contributed by atoms with van der Waals surface area (Å²) in [5.74, 6) is 0.0595. The van der Waals surface area contributed by atoms with Crippen molar-refractivity contribution in [2.24, 2.45) is 0 Å². The molecule has 1 aromatic carbocycles. The monoisotopic (exact) mass is 265 g/mol. The van der Waals surface area contributed by atoms with Gasteiger partial charge in [-0.15, -0.1) is 0 Å². The Labute approximate surface area is 114 Å². The molecule has 0 aliphatic rings. The fraction of sp³-hybridized carbons (Fsp3) is 0.533. The number of unbranched alkanes of at least 4 members (excludes halogenated alkanes) is 1. The summed E-state index contributed by atoms with van der Waals surface area (Å²) in [6.45, 7) is 4.34. The van der Waals surface area contributed by atoms with Crippen LogP contribution in [-0.4, -0.2) is 30.3 Å². The molecule has 0 spiro atoms. The maximum Gasteiger partial charge on any atom is 0.323 e. The third-order valence-electron chi connectivity index (χ3n) is 3.35. The average molecular weight is 265 g/mol. The molecule has 0 radical (unpaired) electrons. The number of carboxylic acids is 1. The smallest absolute Gasteiger partial charge is 0.323 e. The molecule has 4 heteroatoms. The lowest BCUT2D eigenvalue weighted by atomic mass is 9.95. The Hall–Kier alpha value is -1.55. The number of aryl methyl sites for hydroxylation is 1. The van der Waals surface area contributed by atoms with Gasteiger partial charge >= 0.3 is 5.97 Å². The van der Waals surface area contributed by atoms with Crippen LogP contribution in [0.3, 0.4) is 0 Å². The Morgan fingerprint density at radius 2 is 2.16 bits per heavy atom. The third-order valence-corrected chi connectivity index (χ3v) is 3.35. The lowest BCUT2D eigenvalue weighted by molar-refractivity contribution is -0.144. The van der Waals surface area contributed by atoms with E-state index in [1.165, 1.54) is 5.56 Å². The summed E-state index contributed by atoms with van der Waals surface area (Å²) in [5.41, 5.74) is 0.328. The quantitative estimate of drug-likeness (QED) is 0.709. The van der Waals surface area contributed by atoms with E-state index in [4.69, 9.17) is 9.84 Å². The highest BCUT2D eigenvalue weighted by molar-refractivity contribution is 5.78. The van der Waals surface area contributed by atoms with Gasteiger partial charge in [-0.25, -0.2) is 0 Å². The standard InChI is InChI=1S/C15H23NO3/c1-12-7-6-8-13(11-12)19-10-5-4-9-15(2,16-3)14(17)18/h6-8,11,16H,4-5,9-10H2,1-3H3,(H,17,18). The summed E-state index contributed by atoms with van der Waals surface area (Å²) in [6, 6.07) is 7.92. The first-order valence-electron chi connectivity index (χ1n) is 6.60. The van der Waals surface area contributed by atoms with Crippen molar-refractivity contribution in [1.29, 1.82) is 0 Å². The Balaban J connectivity index is 2.26. The molecule has 2 N–H and O–H groups in total. The molecular weight excluding hydrogens is 242 g/mol. The molecule has 0 fully saturated rings. The molecule has 1 rings (SSSR count). The van der Waals surface area contributed by atoms with Gasteiger partial charge in [0.05, 0.1) is 6.61 Å². The molecule has 19 heavy (non-hydrogen) atoms. The lowest BCUT2D eigenvalue weighted by Gasteiger charge is -2.23. The van der Waals surface area contributed by atoms with Crippen LogP contribution in [0.5, 0.6) is 5.75 Å². The van der Waals surface area contributed by atoms with Gasteiger partial charge in [0.15, 0.2) is 0 Å². The van der Waals surface area contributed by atoms with E-state index >= 15 is 0 Å². The Kier molecular flexibility index (Phi) is 5.83. The normalized spacial score (nSPS) is 13.8. The first kappa shape index (κ1) is 15.5. The first-order chi connectivity index (χ1) is 8.98. The number of hydrogen-bond acceptors (Lipinski definition) is 3. The highest BCUT2D eigenvalue weighted by Gasteiger charge is 2.29. The molecule has 0 heterocycles. The number of benzene rings is 1. The number of aliphatic carboxylic acids is 1. The van der Waals surface area contributed by atoms with Gasteiger partial charge in [-0.05, 0) is 57.9 Å². The molecule has 0 aliphatic carbocycles. The number of ether oxygens (including phenoxy) is 1. The van der Waals surface area contributed by atoms with Gasteiger partial charge in [-0.1, -0.05) is 12.1 Å². The molecule has 4 nitrogen and oxygen atoms in total. The Bertz CT molecular complexity index is 420. The summed E-state index contributed by atoms with van der Waals surface area (Å²) < 4.78 is 5.63. The molecule has 0 aromatic heterocycles. The van der Waals surface area contributed by atoms with Gasteiger partial charge in [0, 0.05) is 0 Å². The number of nitrogens with one attached hydrogen (secondary N) is 1. The minimum Gasteiger partial charge on any atom is -0.494 e. The van der Waals surface area contributed by atoms with E-state index in [2.05, 4.69) is 5.32 Å². The van der Waals surface area contributed by atoms with Crippen LogP contribution in [0.15, 0.2) is 24.3 Å². The second-order valence-corrected chi connectivity index (χ2v) is 5.01. The third kappa shape index (κ3) is 4.91. The molecule has 1 unspecified atom stereocenters. The molecule has 106 valence electrons. The zero-order valence-electron chi connectivity index (χ0n) is 11.9. The number of carboxylic acid groups (broad SMARTS) is 1. The van der Waals surface area contributed by atoms with Gasteiger partial charge in [-0.2, -0.15) is 0 Å². The number of hydrogen-bond donors (Lipinski definition) is 2. The number of rotatable bonds is 8. The Morgan fingerprint density at radius 3 is 2.74 bits per heavy atom. The zero-order chi connectivity index (χ0) is 14.3. The van der Waals surface area contributed by atoms with Crippen molar-refractivity contribution >= 4 is 5.97 Å². The van der Waals surface area contributed by atoms with Crippen molar-refractivity contribution in [3.8, 4) is 5.75 Å². The van der Waals surface area contributed by atoms with Crippen LogP contribution in [0.1, 0.15) is 31.7 Å². The van der Waals surface area contributed by atoms with Crippen LogP contribution in [-0.2, 0) is 4.79 Å². The van der Waals surface area contributed by atoms with E-state index in [1.807, 2.05) is 31.2 Å². The molecule has 0 saturated heterocycles. The van der Waals surface area contributed by atoms with Crippen molar-refractivity contribution in [3.05, 3.63) is 29.8 Å². The van der Waals surface area contributed by atoms with Crippen molar-refractivity contribution in [1.82, 2.24) is 5.32 Å². The maximum atomic E-state index is 11.1. The van der Waals surface area contributed by atoms with Crippen molar-refractivity contribution in [3.63, 3.8) is 0 Å². The highest BCUT2D eigenvalue weighted by atomic mass is 16.5. The summed E-state index contributed by atoms with van der Waals surface area (Å²) in [4.78, 5) is 11.1. The van der Waals surface area contributed by atoms with Gasteiger partial charge in [0.1, 0.15) is 11.3 Å². The van der Waals surface area contributed by atoms with Crippen LogP contribution < -0.4 is 10.1 Å². The minimum atomic E-state index is -0.844. The zero-order valence-corrected chi connectivity index (χ0v) is 11.9. The second-order valence-electron chi connectivity index (χ2n) is 5.01. The Morgan fingerprint density at radius 1 is 1.42 bits per heavy atom. The molecular formula is C15H23NO3. The van der Waals surface area contributed by atoms with Gasteiger partial charge in [-0.3, -0.25) is 4.79 Å². The average Bonchev–Trinajstić information content (AvgIpc) is 2.38. The first-order valence-corrected chi connectivity index (χ1v) is 6.60. The fourth-order valence-electron chi connectivity index (χ4n) is 1.81. The van der Waals surface area contributed by atoms with Crippen LogP contribution >= 0.6 is 0 Å². The van der Waals surface area contributed by atoms with E-state index in [1.54, 1.807) is 14.0 Å². The van der Waals surface area contributed by atoms with Crippen molar-refractivity contribution in [2.75, 3.05) is 13.7 Å². The largest absolute Gasteiger partial charge is 0.494 e. The summed E-state index contributed by atoms with van der Waals surface area (Å²) >= 11 is 0. The number of carbonyl (C=O) groups is 1. The van der Waals surface area contributed by atoms with Crippen LogP contribution in [0.25, 0.3) is 0 Å². The minimum absolute atomic E-state index is 0.593. The van der Waals surface area contributed by atoms with E-state index in [0.717, 1.165) is 18.6 Å². The molecule has 0 saturated carbocycles. The van der Waals surface area contributed by atoms with Crippen LogP contribution in [0.2, 0.25) is 0 Å². The van der Waals surface area contributed by atoms with Crippen LogP contribution in [0.4, 0.5) is 0 Å². The summed E-state index contributed by atoms with van der Waals surface area (Å²) in [6.07, 6.45) is 2.25. The van der Waals surface area contributed by atoms with Crippen LogP contribution in [0, 0.1) is 6.92 Å². The summed E-state index contributed by atoms with van der Waals surface area (Å²) in [5, 5.41) is 12.0. The molecule has 0 bridgehead atoms. The molecule has 1 atom stereocenters. The van der Waals surface area contributed by atoms with Gasteiger partial charge in [0.25, 0.3) is 0 Å². The van der Waals surface area contributed by atoms with E-state index < -0.39 is 11.5 Å². The predicted octanol–water partition coefficient (Wildman–Crippen LogP) is 2.61. The van der Waals surface area contributed by atoms with Crippen molar-refractivity contribution < 1.29 is 14.6 Å². The lowest BCUT2D eigenvalue weighted by Crippen LogP contribution is -2.47. The van der Waals surface area contributed by atoms with E-state index in [0.29, 0.717) is 13.0 Å². The molecule has 1 aromatic rings. The second kappa shape index (κ2) is 7.14.